The van der Waals surface area contributed by atoms with Crippen LogP contribution in [0, 0.1) is 0 Å². The first-order valence-corrected chi connectivity index (χ1v) is 11.6. The van der Waals surface area contributed by atoms with E-state index in [0.717, 1.165) is 12.3 Å². The summed E-state index contributed by atoms with van der Waals surface area (Å²) in [5.74, 6) is 1.47. The molecule has 1 fully saturated rings. The van der Waals surface area contributed by atoms with Crippen molar-refractivity contribution in [2.45, 2.75) is 18.4 Å². The van der Waals surface area contributed by atoms with E-state index in [4.69, 9.17) is 14.2 Å². The number of piperazine rings is 1. The summed E-state index contributed by atoms with van der Waals surface area (Å²) in [4.78, 5) is 2.56. The minimum atomic E-state index is -3.50. The molecular weight excluding hydrogens is 404 g/mol. The monoisotopic (exact) mass is 434 g/mol. The second-order valence-corrected chi connectivity index (χ2v) is 8.98. The van der Waals surface area contributed by atoms with Gasteiger partial charge in [0.25, 0.3) is 0 Å². The Balaban J connectivity index is 1.52. The second kappa shape index (κ2) is 10.8. The Morgan fingerprint density at radius 2 is 1.50 bits per heavy atom. The van der Waals surface area contributed by atoms with Gasteiger partial charge in [-0.15, -0.1) is 0 Å². The fourth-order valence-electron chi connectivity index (χ4n) is 3.34. The van der Waals surface area contributed by atoms with E-state index in [1.54, 1.807) is 35.7 Å². The Morgan fingerprint density at radius 3 is 2.10 bits per heavy atom. The van der Waals surface area contributed by atoms with Gasteiger partial charge >= 0.3 is 0 Å². The van der Waals surface area contributed by atoms with Crippen LogP contribution in [-0.2, 0) is 21.3 Å². The highest BCUT2D eigenvalue weighted by molar-refractivity contribution is 7.89. The molecule has 0 saturated carbocycles. The second-order valence-electron chi connectivity index (χ2n) is 7.05. The summed E-state index contributed by atoms with van der Waals surface area (Å²) in [6.07, 6.45) is 0. The SMILES string of the molecule is CCOCCOc1ccc(S(=O)(=O)N2CCN(Cc3ccc(OC)cc3)CC2)cc1. The van der Waals surface area contributed by atoms with E-state index in [0.29, 0.717) is 56.6 Å². The van der Waals surface area contributed by atoms with E-state index < -0.39 is 10.0 Å². The van der Waals surface area contributed by atoms with Gasteiger partial charge in [-0.3, -0.25) is 4.90 Å². The van der Waals surface area contributed by atoms with Gasteiger partial charge in [0.2, 0.25) is 10.0 Å². The van der Waals surface area contributed by atoms with Gasteiger partial charge < -0.3 is 14.2 Å². The summed E-state index contributed by atoms with van der Waals surface area (Å²) in [7, 11) is -1.85. The number of hydrogen-bond donors (Lipinski definition) is 0. The van der Waals surface area contributed by atoms with Gasteiger partial charge in [-0.25, -0.2) is 8.42 Å². The number of rotatable bonds is 10. The summed E-state index contributed by atoms with van der Waals surface area (Å²) < 4.78 is 43.5. The first-order chi connectivity index (χ1) is 14.5. The minimum absolute atomic E-state index is 0.295. The van der Waals surface area contributed by atoms with Crippen LogP contribution in [0.15, 0.2) is 53.4 Å². The molecule has 0 aliphatic carbocycles. The fraction of sp³-hybridized carbons (Fsp3) is 0.455. The first-order valence-electron chi connectivity index (χ1n) is 10.2. The van der Waals surface area contributed by atoms with Crippen molar-refractivity contribution in [1.29, 1.82) is 0 Å². The predicted molar refractivity (Wildman–Crippen MR) is 115 cm³/mol. The Morgan fingerprint density at radius 1 is 0.867 bits per heavy atom. The molecule has 0 radical (unpaired) electrons. The molecule has 0 atom stereocenters. The van der Waals surface area contributed by atoms with Crippen LogP contribution >= 0.6 is 0 Å². The Kier molecular flexibility index (Phi) is 8.09. The zero-order valence-electron chi connectivity index (χ0n) is 17.6. The molecule has 0 amide bonds. The molecule has 0 spiro atoms. The van der Waals surface area contributed by atoms with Crippen molar-refractivity contribution in [3.05, 3.63) is 54.1 Å². The quantitative estimate of drug-likeness (QED) is 0.536. The van der Waals surface area contributed by atoms with Crippen LogP contribution in [0.5, 0.6) is 11.5 Å². The molecule has 2 aromatic rings. The number of nitrogens with zero attached hydrogens (tertiary/aromatic N) is 2. The van der Waals surface area contributed by atoms with Gasteiger partial charge in [-0.1, -0.05) is 12.1 Å². The van der Waals surface area contributed by atoms with Crippen molar-refractivity contribution in [3.8, 4) is 11.5 Å². The molecular formula is C22H30N2O5S. The molecule has 7 nitrogen and oxygen atoms in total. The largest absolute Gasteiger partial charge is 0.497 e. The van der Waals surface area contributed by atoms with Crippen LogP contribution in [0.2, 0.25) is 0 Å². The highest BCUT2D eigenvalue weighted by Crippen LogP contribution is 2.21. The van der Waals surface area contributed by atoms with Crippen molar-refractivity contribution in [1.82, 2.24) is 9.21 Å². The van der Waals surface area contributed by atoms with E-state index in [1.807, 2.05) is 31.2 Å². The molecule has 164 valence electrons. The molecule has 0 bridgehead atoms. The average Bonchev–Trinajstić information content (AvgIpc) is 2.78. The average molecular weight is 435 g/mol. The lowest BCUT2D eigenvalue weighted by molar-refractivity contribution is 0.110. The highest BCUT2D eigenvalue weighted by atomic mass is 32.2. The predicted octanol–water partition coefficient (Wildman–Crippen LogP) is 2.62. The standard InChI is InChI=1S/C22H30N2O5S/c1-3-28-16-17-29-21-8-10-22(11-9-21)30(25,26)24-14-12-23(13-15-24)18-19-4-6-20(27-2)7-5-19/h4-11H,3,12-18H2,1-2H3. The van der Waals surface area contributed by atoms with Gasteiger partial charge in [-0.2, -0.15) is 4.31 Å². The van der Waals surface area contributed by atoms with Gasteiger partial charge in [0, 0.05) is 39.3 Å². The van der Waals surface area contributed by atoms with Crippen molar-refractivity contribution in [2.24, 2.45) is 0 Å². The summed E-state index contributed by atoms with van der Waals surface area (Å²) in [5, 5.41) is 0. The number of methoxy groups -OCH3 is 1. The zero-order chi connectivity index (χ0) is 21.4. The van der Waals surface area contributed by atoms with E-state index in [-0.39, 0.29) is 0 Å². The number of sulfonamides is 1. The summed E-state index contributed by atoms with van der Waals surface area (Å²) in [5.41, 5.74) is 1.19. The number of hydrogen-bond acceptors (Lipinski definition) is 6. The fourth-order valence-corrected chi connectivity index (χ4v) is 4.76. The third-order valence-corrected chi connectivity index (χ3v) is 6.97. The van der Waals surface area contributed by atoms with Gasteiger partial charge in [0.15, 0.2) is 0 Å². The van der Waals surface area contributed by atoms with Crippen molar-refractivity contribution in [2.75, 3.05) is 53.1 Å². The molecule has 0 aromatic heterocycles. The van der Waals surface area contributed by atoms with E-state index in [1.165, 1.54) is 5.56 Å². The maximum absolute atomic E-state index is 13.0. The smallest absolute Gasteiger partial charge is 0.243 e. The Bertz CT molecular complexity index is 877. The molecule has 1 heterocycles. The van der Waals surface area contributed by atoms with E-state index in [9.17, 15) is 8.42 Å². The third-order valence-electron chi connectivity index (χ3n) is 5.06. The number of benzene rings is 2. The third kappa shape index (κ3) is 5.95. The zero-order valence-corrected chi connectivity index (χ0v) is 18.4. The molecule has 8 heteroatoms. The molecule has 1 saturated heterocycles. The molecule has 2 aromatic carbocycles. The van der Waals surface area contributed by atoms with E-state index in [2.05, 4.69) is 4.90 Å². The lowest BCUT2D eigenvalue weighted by atomic mass is 10.2. The Hall–Kier alpha value is -2.13. The van der Waals surface area contributed by atoms with Crippen molar-refractivity contribution in [3.63, 3.8) is 0 Å². The summed E-state index contributed by atoms with van der Waals surface area (Å²) in [6.45, 7) is 6.68. The molecule has 1 aliphatic heterocycles. The maximum Gasteiger partial charge on any atom is 0.243 e. The van der Waals surface area contributed by atoms with Crippen LogP contribution in [-0.4, -0.2) is 70.7 Å². The highest BCUT2D eigenvalue weighted by Gasteiger charge is 2.28. The maximum atomic E-state index is 13.0. The van der Waals surface area contributed by atoms with Gasteiger partial charge in [-0.05, 0) is 48.9 Å². The van der Waals surface area contributed by atoms with Gasteiger partial charge in [0.1, 0.15) is 18.1 Å². The van der Waals surface area contributed by atoms with Crippen LogP contribution in [0.3, 0.4) is 0 Å². The molecule has 1 aliphatic rings. The molecule has 30 heavy (non-hydrogen) atoms. The molecule has 0 N–H and O–H groups in total. The normalized spacial score (nSPS) is 15.8. The number of ether oxygens (including phenoxy) is 3. The lowest BCUT2D eigenvalue weighted by Gasteiger charge is -2.34. The molecule has 3 rings (SSSR count). The molecule has 0 unspecified atom stereocenters. The lowest BCUT2D eigenvalue weighted by Crippen LogP contribution is -2.48. The van der Waals surface area contributed by atoms with Crippen molar-refractivity contribution < 1.29 is 22.6 Å². The van der Waals surface area contributed by atoms with Crippen LogP contribution in [0.25, 0.3) is 0 Å². The summed E-state index contributed by atoms with van der Waals surface area (Å²) >= 11 is 0. The van der Waals surface area contributed by atoms with Crippen LogP contribution in [0.1, 0.15) is 12.5 Å². The minimum Gasteiger partial charge on any atom is -0.497 e. The van der Waals surface area contributed by atoms with Crippen molar-refractivity contribution >= 4 is 10.0 Å². The Labute approximate surface area is 179 Å². The first kappa shape index (κ1) is 22.6. The van der Waals surface area contributed by atoms with Crippen LogP contribution in [0.4, 0.5) is 0 Å². The van der Waals surface area contributed by atoms with Gasteiger partial charge in [0.05, 0.1) is 18.6 Å². The van der Waals surface area contributed by atoms with Crippen LogP contribution < -0.4 is 9.47 Å². The van der Waals surface area contributed by atoms with E-state index >= 15 is 0 Å². The summed E-state index contributed by atoms with van der Waals surface area (Å²) in [6, 6.07) is 14.6. The topological polar surface area (TPSA) is 68.3 Å².